The second kappa shape index (κ2) is 12.4. The zero-order valence-corrected chi connectivity index (χ0v) is 14.8. The normalized spacial score (nSPS) is 11.5. The van der Waals surface area contributed by atoms with E-state index in [1.54, 1.807) is 24.3 Å². The first-order chi connectivity index (χ1) is 11.7. The van der Waals surface area contributed by atoms with Crippen LogP contribution in [0, 0.1) is 17.2 Å². The number of benzene rings is 1. The van der Waals surface area contributed by atoms with Crippen molar-refractivity contribution in [3.63, 3.8) is 0 Å². The number of carbonyl (C=O) groups is 1. The van der Waals surface area contributed by atoms with Crippen LogP contribution in [0.25, 0.3) is 0 Å². The highest BCUT2D eigenvalue weighted by Crippen LogP contribution is 2.12. The summed E-state index contributed by atoms with van der Waals surface area (Å²) in [5, 5.41) is 14.3. The van der Waals surface area contributed by atoms with Gasteiger partial charge >= 0.3 is 6.03 Å². The number of nitrogens with one attached hydrogen (secondary N) is 2. The number of urea groups is 1. The molecular weight excluding hydrogens is 302 g/mol. The zero-order valence-electron chi connectivity index (χ0n) is 14.8. The predicted molar refractivity (Wildman–Crippen MR) is 96.9 cm³/mol. The number of anilines is 1. The van der Waals surface area contributed by atoms with Gasteiger partial charge in [-0.1, -0.05) is 33.1 Å². The molecular formula is C19H29N3O2. The van der Waals surface area contributed by atoms with Crippen molar-refractivity contribution in [1.29, 1.82) is 5.26 Å². The van der Waals surface area contributed by atoms with E-state index in [2.05, 4.69) is 24.5 Å². The maximum absolute atomic E-state index is 11.7. The number of hydrogen-bond acceptors (Lipinski definition) is 3. The van der Waals surface area contributed by atoms with Crippen LogP contribution in [0.4, 0.5) is 10.5 Å². The Hall–Kier alpha value is -2.06. The molecule has 0 bridgehead atoms. The van der Waals surface area contributed by atoms with E-state index >= 15 is 0 Å². The Morgan fingerprint density at radius 1 is 1.25 bits per heavy atom. The lowest BCUT2D eigenvalue weighted by atomic mass is 10.0. The Labute approximate surface area is 145 Å². The topological polar surface area (TPSA) is 74.2 Å². The molecule has 1 aromatic rings. The fraction of sp³-hybridized carbons (Fsp3) is 0.579. The molecule has 1 rings (SSSR count). The second-order valence-corrected chi connectivity index (χ2v) is 5.92. The number of nitriles is 1. The molecule has 0 saturated carbocycles. The number of unbranched alkanes of at least 4 members (excludes halogenated alkanes) is 1. The van der Waals surface area contributed by atoms with Crippen LogP contribution in [0.15, 0.2) is 24.3 Å². The summed E-state index contributed by atoms with van der Waals surface area (Å²) >= 11 is 0. The standard InChI is InChI=1S/C19H29N3O2/c1-3-5-7-16(4-2)15-24-13-6-12-21-19(23)22-18-10-8-17(14-20)9-11-18/h8-11,16H,3-7,12-13,15H2,1-2H3,(H2,21,22,23). The minimum Gasteiger partial charge on any atom is -0.381 e. The fourth-order valence-electron chi connectivity index (χ4n) is 2.33. The van der Waals surface area contributed by atoms with Gasteiger partial charge in [-0.25, -0.2) is 4.79 Å². The van der Waals surface area contributed by atoms with Gasteiger partial charge in [-0.3, -0.25) is 0 Å². The van der Waals surface area contributed by atoms with Crippen LogP contribution in [0.5, 0.6) is 0 Å². The minimum atomic E-state index is -0.242. The number of amides is 2. The first-order valence-corrected chi connectivity index (χ1v) is 8.82. The highest BCUT2D eigenvalue weighted by Gasteiger charge is 2.06. The molecule has 0 saturated heterocycles. The van der Waals surface area contributed by atoms with Crippen molar-refractivity contribution < 1.29 is 9.53 Å². The van der Waals surface area contributed by atoms with E-state index in [0.717, 1.165) is 19.4 Å². The van der Waals surface area contributed by atoms with Crippen LogP contribution in [0.2, 0.25) is 0 Å². The molecule has 2 N–H and O–H groups in total. The summed E-state index contributed by atoms with van der Waals surface area (Å²) in [6, 6.07) is 8.57. The van der Waals surface area contributed by atoms with E-state index in [1.165, 1.54) is 19.3 Å². The highest BCUT2D eigenvalue weighted by atomic mass is 16.5. The fourth-order valence-corrected chi connectivity index (χ4v) is 2.33. The summed E-state index contributed by atoms with van der Waals surface area (Å²) in [4.78, 5) is 11.7. The molecule has 5 nitrogen and oxygen atoms in total. The Morgan fingerprint density at radius 2 is 2.00 bits per heavy atom. The lowest BCUT2D eigenvalue weighted by Gasteiger charge is -2.14. The SMILES string of the molecule is CCCCC(CC)COCCCNC(=O)Nc1ccc(C#N)cc1. The molecule has 24 heavy (non-hydrogen) atoms. The summed E-state index contributed by atoms with van der Waals surface area (Å²) in [6.07, 6.45) is 5.68. The molecule has 0 spiro atoms. The highest BCUT2D eigenvalue weighted by molar-refractivity contribution is 5.89. The lowest BCUT2D eigenvalue weighted by Crippen LogP contribution is -2.30. The molecule has 2 amide bonds. The second-order valence-electron chi connectivity index (χ2n) is 5.92. The Morgan fingerprint density at radius 3 is 2.62 bits per heavy atom. The quantitative estimate of drug-likeness (QED) is 0.594. The average molecular weight is 331 g/mol. The average Bonchev–Trinajstić information content (AvgIpc) is 2.61. The van der Waals surface area contributed by atoms with Crippen molar-refractivity contribution in [2.24, 2.45) is 5.92 Å². The smallest absolute Gasteiger partial charge is 0.319 e. The van der Waals surface area contributed by atoms with Crippen molar-refractivity contribution in [3.8, 4) is 6.07 Å². The lowest BCUT2D eigenvalue weighted by molar-refractivity contribution is 0.0925. The molecule has 1 aromatic carbocycles. The van der Waals surface area contributed by atoms with Crippen LogP contribution < -0.4 is 10.6 Å². The van der Waals surface area contributed by atoms with E-state index in [-0.39, 0.29) is 6.03 Å². The van der Waals surface area contributed by atoms with Gasteiger partial charge in [0.25, 0.3) is 0 Å². The number of carbonyl (C=O) groups excluding carboxylic acids is 1. The summed E-state index contributed by atoms with van der Waals surface area (Å²) in [7, 11) is 0. The van der Waals surface area contributed by atoms with Gasteiger partial charge < -0.3 is 15.4 Å². The molecule has 132 valence electrons. The summed E-state index contributed by atoms with van der Waals surface area (Å²) in [6.45, 7) is 6.47. The largest absolute Gasteiger partial charge is 0.381 e. The zero-order chi connectivity index (χ0) is 17.6. The molecule has 0 radical (unpaired) electrons. The van der Waals surface area contributed by atoms with Crippen molar-refractivity contribution in [2.75, 3.05) is 25.1 Å². The maximum Gasteiger partial charge on any atom is 0.319 e. The number of rotatable bonds is 11. The predicted octanol–water partition coefficient (Wildman–Crippen LogP) is 4.30. The molecule has 0 aliphatic carbocycles. The first-order valence-electron chi connectivity index (χ1n) is 8.82. The van der Waals surface area contributed by atoms with Gasteiger partial charge in [-0.2, -0.15) is 5.26 Å². The van der Waals surface area contributed by atoms with Gasteiger partial charge in [0, 0.05) is 25.4 Å². The number of hydrogen-bond donors (Lipinski definition) is 2. The third-order valence-electron chi connectivity index (χ3n) is 3.92. The van der Waals surface area contributed by atoms with Gasteiger partial charge in [0.2, 0.25) is 0 Å². The summed E-state index contributed by atoms with van der Waals surface area (Å²) in [5.41, 5.74) is 1.24. The van der Waals surface area contributed by atoms with E-state index in [0.29, 0.717) is 30.3 Å². The van der Waals surface area contributed by atoms with Gasteiger partial charge in [0.1, 0.15) is 0 Å². The van der Waals surface area contributed by atoms with E-state index in [1.807, 2.05) is 6.07 Å². The van der Waals surface area contributed by atoms with Crippen molar-refractivity contribution >= 4 is 11.7 Å². The molecule has 0 fully saturated rings. The molecule has 0 aromatic heterocycles. The van der Waals surface area contributed by atoms with Crippen molar-refractivity contribution in [3.05, 3.63) is 29.8 Å². The van der Waals surface area contributed by atoms with Gasteiger partial charge in [-0.05, 0) is 43.0 Å². The van der Waals surface area contributed by atoms with E-state index in [9.17, 15) is 4.79 Å². The molecule has 1 unspecified atom stereocenters. The van der Waals surface area contributed by atoms with Crippen LogP contribution in [0.3, 0.4) is 0 Å². The van der Waals surface area contributed by atoms with E-state index < -0.39 is 0 Å². The number of nitrogens with zero attached hydrogens (tertiary/aromatic N) is 1. The van der Waals surface area contributed by atoms with Crippen molar-refractivity contribution in [2.45, 2.75) is 46.0 Å². The monoisotopic (exact) mass is 331 g/mol. The molecule has 5 heteroatoms. The minimum absolute atomic E-state index is 0.242. The Kier molecular flexibility index (Phi) is 10.3. The van der Waals surface area contributed by atoms with Gasteiger partial charge in [0.15, 0.2) is 0 Å². The first kappa shape index (κ1) is 20.0. The molecule has 0 aliphatic heterocycles. The van der Waals surface area contributed by atoms with Crippen molar-refractivity contribution in [1.82, 2.24) is 5.32 Å². The molecule has 0 heterocycles. The van der Waals surface area contributed by atoms with Gasteiger partial charge in [0.05, 0.1) is 11.6 Å². The van der Waals surface area contributed by atoms with Crippen LogP contribution in [0.1, 0.15) is 51.5 Å². The van der Waals surface area contributed by atoms with Crippen LogP contribution in [-0.4, -0.2) is 25.8 Å². The molecule has 1 atom stereocenters. The summed E-state index contributed by atoms with van der Waals surface area (Å²) in [5.74, 6) is 0.651. The van der Waals surface area contributed by atoms with Crippen LogP contribution in [-0.2, 0) is 4.74 Å². The Bertz CT molecular complexity index is 508. The third kappa shape index (κ3) is 8.54. The third-order valence-corrected chi connectivity index (χ3v) is 3.92. The van der Waals surface area contributed by atoms with Gasteiger partial charge in [-0.15, -0.1) is 0 Å². The summed E-state index contributed by atoms with van der Waals surface area (Å²) < 4.78 is 5.71. The Balaban J connectivity index is 2.09. The molecule has 0 aliphatic rings. The van der Waals surface area contributed by atoms with Crippen LogP contribution >= 0.6 is 0 Å². The number of ether oxygens (including phenoxy) is 1. The maximum atomic E-state index is 11.7. The van der Waals surface area contributed by atoms with E-state index in [4.69, 9.17) is 10.00 Å².